The zero-order valence-corrected chi connectivity index (χ0v) is 12.6. The van der Waals surface area contributed by atoms with Crippen LogP contribution in [-0.4, -0.2) is 21.3 Å². The Labute approximate surface area is 131 Å². The SMILES string of the molecule is Nc1c(Cl)ccc(Cl)c1-c1nc2ccccc2n1CCO. The molecule has 0 saturated carbocycles. The van der Waals surface area contributed by atoms with Gasteiger partial charge in [0.2, 0.25) is 0 Å². The van der Waals surface area contributed by atoms with Crippen LogP contribution in [0.3, 0.4) is 0 Å². The first kappa shape index (κ1) is 14.2. The van der Waals surface area contributed by atoms with Gasteiger partial charge in [-0.3, -0.25) is 0 Å². The molecule has 0 spiro atoms. The molecule has 6 heteroatoms. The predicted octanol–water partition coefficient (Wildman–Crippen LogP) is 3.58. The zero-order valence-electron chi connectivity index (χ0n) is 11.1. The van der Waals surface area contributed by atoms with Crippen molar-refractivity contribution in [3.8, 4) is 11.4 Å². The number of rotatable bonds is 3. The van der Waals surface area contributed by atoms with E-state index < -0.39 is 0 Å². The van der Waals surface area contributed by atoms with Crippen molar-refractivity contribution in [3.05, 3.63) is 46.4 Å². The van der Waals surface area contributed by atoms with Crippen molar-refractivity contribution in [2.24, 2.45) is 0 Å². The van der Waals surface area contributed by atoms with Crippen LogP contribution in [0.1, 0.15) is 0 Å². The van der Waals surface area contributed by atoms with Gasteiger partial charge >= 0.3 is 0 Å². The van der Waals surface area contributed by atoms with Gasteiger partial charge in [0.15, 0.2) is 0 Å². The Morgan fingerprint density at radius 3 is 2.57 bits per heavy atom. The predicted molar refractivity (Wildman–Crippen MR) is 86.7 cm³/mol. The van der Waals surface area contributed by atoms with Crippen LogP contribution in [0, 0.1) is 0 Å². The molecule has 0 radical (unpaired) electrons. The second kappa shape index (κ2) is 5.56. The van der Waals surface area contributed by atoms with E-state index in [9.17, 15) is 5.11 Å². The molecule has 1 aromatic heterocycles. The fourth-order valence-corrected chi connectivity index (χ4v) is 2.79. The number of aromatic nitrogens is 2. The van der Waals surface area contributed by atoms with Gasteiger partial charge in [-0.25, -0.2) is 4.98 Å². The van der Waals surface area contributed by atoms with Crippen LogP contribution >= 0.6 is 23.2 Å². The van der Waals surface area contributed by atoms with Gasteiger partial charge < -0.3 is 15.4 Å². The maximum absolute atomic E-state index is 9.32. The minimum absolute atomic E-state index is 0.00849. The molecular formula is C15H13Cl2N3O. The Bertz CT molecular complexity index is 814. The lowest BCUT2D eigenvalue weighted by Crippen LogP contribution is -2.06. The van der Waals surface area contributed by atoms with E-state index in [0.29, 0.717) is 33.7 Å². The first-order valence-corrected chi connectivity index (χ1v) is 7.19. The second-order valence-corrected chi connectivity index (χ2v) is 5.43. The summed E-state index contributed by atoms with van der Waals surface area (Å²) in [5, 5.41) is 10.2. The van der Waals surface area contributed by atoms with E-state index in [1.54, 1.807) is 12.1 Å². The summed E-state index contributed by atoms with van der Waals surface area (Å²) in [7, 11) is 0. The average molecular weight is 322 g/mol. The van der Waals surface area contributed by atoms with E-state index in [1.807, 2.05) is 28.8 Å². The third-order valence-electron chi connectivity index (χ3n) is 3.34. The first-order valence-electron chi connectivity index (χ1n) is 6.43. The van der Waals surface area contributed by atoms with Crippen molar-refractivity contribution >= 4 is 39.9 Å². The molecule has 0 atom stereocenters. The van der Waals surface area contributed by atoms with E-state index in [1.165, 1.54) is 0 Å². The molecule has 3 N–H and O–H groups in total. The monoisotopic (exact) mass is 321 g/mol. The second-order valence-electron chi connectivity index (χ2n) is 4.62. The molecule has 0 amide bonds. The molecule has 4 nitrogen and oxygen atoms in total. The lowest BCUT2D eigenvalue weighted by Gasteiger charge is -2.12. The minimum Gasteiger partial charge on any atom is -0.397 e. The molecule has 3 rings (SSSR count). The maximum Gasteiger partial charge on any atom is 0.144 e. The van der Waals surface area contributed by atoms with Gasteiger partial charge in [-0.05, 0) is 24.3 Å². The number of hydrogen-bond donors (Lipinski definition) is 2. The standard InChI is InChI=1S/C15H13Cl2N3O/c16-9-5-6-10(17)14(18)13(9)15-19-11-3-1-2-4-12(11)20(15)7-8-21/h1-6,21H,7-8,18H2. The molecular weight excluding hydrogens is 309 g/mol. The molecule has 0 aliphatic carbocycles. The molecule has 0 bridgehead atoms. The summed E-state index contributed by atoms with van der Waals surface area (Å²) in [5.74, 6) is 0.607. The molecule has 2 aromatic carbocycles. The number of aliphatic hydroxyl groups excluding tert-OH is 1. The van der Waals surface area contributed by atoms with Crippen LogP contribution in [0.4, 0.5) is 5.69 Å². The first-order chi connectivity index (χ1) is 10.1. The quantitative estimate of drug-likeness (QED) is 0.724. The van der Waals surface area contributed by atoms with Crippen LogP contribution in [0.25, 0.3) is 22.4 Å². The number of hydrogen-bond acceptors (Lipinski definition) is 3. The zero-order chi connectivity index (χ0) is 15.0. The molecule has 0 unspecified atom stereocenters. The van der Waals surface area contributed by atoms with Crippen molar-refractivity contribution in [1.82, 2.24) is 9.55 Å². The normalized spacial score (nSPS) is 11.2. The largest absolute Gasteiger partial charge is 0.397 e. The van der Waals surface area contributed by atoms with Gasteiger partial charge in [0.25, 0.3) is 0 Å². The van der Waals surface area contributed by atoms with Gasteiger partial charge in [0, 0.05) is 6.54 Å². The number of nitrogens with two attached hydrogens (primary N) is 1. The Morgan fingerprint density at radius 2 is 1.81 bits per heavy atom. The molecule has 0 aliphatic rings. The number of aliphatic hydroxyl groups is 1. The Hall–Kier alpha value is -1.75. The van der Waals surface area contributed by atoms with Crippen LogP contribution in [0.5, 0.6) is 0 Å². The molecule has 0 saturated heterocycles. The number of nitrogens with zero attached hydrogens (tertiary/aromatic N) is 2. The van der Waals surface area contributed by atoms with E-state index in [-0.39, 0.29) is 6.61 Å². The number of anilines is 1. The van der Waals surface area contributed by atoms with Crippen molar-refractivity contribution < 1.29 is 5.11 Å². The molecule has 1 heterocycles. The summed E-state index contributed by atoms with van der Waals surface area (Å²) in [4.78, 5) is 4.59. The summed E-state index contributed by atoms with van der Waals surface area (Å²) in [6.45, 7) is 0.392. The number of nitrogen functional groups attached to an aromatic ring is 1. The third kappa shape index (κ3) is 2.35. The average Bonchev–Trinajstić information content (AvgIpc) is 2.83. The van der Waals surface area contributed by atoms with Crippen LogP contribution < -0.4 is 5.73 Å². The topological polar surface area (TPSA) is 64.1 Å². The van der Waals surface area contributed by atoms with Gasteiger partial charge in [0.05, 0.1) is 38.9 Å². The number of fused-ring (bicyclic) bond motifs is 1. The number of halogens is 2. The highest BCUT2D eigenvalue weighted by Crippen LogP contribution is 2.38. The summed E-state index contributed by atoms with van der Waals surface area (Å²) >= 11 is 12.4. The van der Waals surface area contributed by atoms with E-state index in [2.05, 4.69) is 4.98 Å². The summed E-state index contributed by atoms with van der Waals surface area (Å²) in [5.41, 5.74) is 8.78. The van der Waals surface area contributed by atoms with Crippen molar-refractivity contribution in [1.29, 1.82) is 0 Å². The third-order valence-corrected chi connectivity index (χ3v) is 3.99. The van der Waals surface area contributed by atoms with Crippen molar-refractivity contribution in [3.63, 3.8) is 0 Å². The highest BCUT2D eigenvalue weighted by molar-refractivity contribution is 6.37. The molecule has 3 aromatic rings. The number of para-hydroxylation sites is 2. The van der Waals surface area contributed by atoms with E-state index >= 15 is 0 Å². The Morgan fingerprint density at radius 1 is 1.10 bits per heavy atom. The van der Waals surface area contributed by atoms with Gasteiger partial charge in [-0.1, -0.05) is 35.3 Å². The number of imidazole rings is 1. The van der Waals surface area contributed by atoms with E-state index in [4.69, 9.17) is 28.9 Å². The molecule has 108 valence electrons. The lowest BCUT2D eigenvalue weighted by atomic mass is 10.1. The molecule has 0 aliphatic heterocycles. The summed E-state index contributed by atoms with van der Waals surface area (Å²) < 4.78 is 1.89. The van der Waals surface area contributed by atoms with Gasteiger partial charge in [0.1, 0.15) is 5.82 Å². The highest BCUT2D eigenvalue weighted by Gasteiger charge is 2.18. The van der Waals surface area contributed by atoms with Crippen LogP contribution in [0.15, 0.2) is 36.4 Å². The smallest absolute Gasteiger partial charge is 0.144 e. The Balaban J connectivity index is 2.35. The molecule has 0 fully saturated rings. The highest BCUT2D eigenvalue weighted by atomic mass is 35.5. The number of benzene rings is 2. The fourth-order valence-electron chi connectivity index (χ4n) is 2.39. The lowest BCUT2D eigenvalue weighted by molar-refractivity contribution is 0.278. The Kier molecular flexibility index (Phi) is 3.76. The van der Waals surface area contributed by atoms with E-state index in [0.717, 1.165) is 11.0 Å². The van der Waals surface area contributed by atoms with Crippen LogP contribution in [0.2, 0.25) is 10.0 Å². The van der Waals surface area contributed by atoms with Crippen LogP contribution in [-0.2, 0) is 6.54 Å². The summed E-state index contributed by atoms with van der Waals surface area (Å²) in [6, 6.07) is 11.0. The van der Waals surface area contributed by atoms with Crippen molar-refractivity contribution in [2.45, 2.75) is 6.54 Å². The van der Waals surface area contributed by atoms with Gasteiger partial charge in [-0.15, -0.1) is 0 Å². The van der Waals surface area contributed by atoms with Gasteiger partial charge in [-0.2, -0.15) is 0 Å². The van der Waals surface area contributed by atoms with Crippen molar-refractivity contribution in [2.75, 3.05) is 12.3 Å². The fraction of sp³-hybridized carbons (Fsp3) is 0.133. The maximum atomic E-state index is 9.32. The summed E-state index contributed by atoms with van der Waals surface area (Å²) in [6.07, 6.45) is 0. The molecule has 21 heavy (non-hydrogen) atoms. The minimum atomic E-state index is -0.00849.